The van der Waals surface area contributed by atoms with Gasteiger partial charge in [0.1, 0.15) is 0 Å². The third-order valence-corrected chi connectivity index (χ3v) is 3.39. The molecule has 7 nitrogen and oxygen atoms in total. The highest BCUT2D eigenvalue weighted by Crippen LogP contribution is 2.17. The van der Waals surface area contributed by atoms with Crippen LogP contribution in [-0.4, -0.2) is 36.5 Å². The van der Waals surface area contributed by atoms with Gasteiger partial charge in [0.2, 0.25) is 0 Å². The third-order valence-electron chi connectivity index (χ3n) is 3.39. The summed E-state index contributed by atoms with van der Waals surface area (Å²) in [5.41, 5.74) is 1.48. The lowest BCUT2D eigenvalue weighted by Crippen LogP contribution is -2.37. The standard InChI is InChI=1S/C17H20N4O3/c1-20(2)12-16(13-6-4-3-5-7-13)19-17(22)18-14-8-10-15(11-9-14)21(23)24/h3-11,16H,12H2,1-2H3,(H2,18,19,22). The molecule has 0 radical (unpaired) electrons. The van der Waals surface area contributed by atoms with Gasteiger partial charge in [0.05, 0.1) is 11.0 Å². The number of amides is 2. The quantitative estimate of drug-likeness (QED) is 0.630. The van der Waals surface area contributed by atoms with Crippen LogP contribution in [-0.2, 0) is 0 Å². The molecule has 1 unspecified atom stereocenters. The SMILES string of the molecule is CN(C)CC(NC(=O)Nc1ccc([N+](=O)[O-])cc1)c1ccccc1. The number of carbonyl (C=O) groups excluding carboxylic acids is 1. The molecular formula is C17H20N4O3. The third kappa shape index (κ3) is 5.06. The van der Waals surface area contributed by atoms with E-state index < -0.39 is 4.92 Å². The van der Waals surface area contributed by atoms with E-state index in [0.717, 1.165) is 5.56 Å². The lowest BCUT2D eigenvalue weighted by Gasteiger charge is -2.23. The topological polar surface area (TPSA) is 87.5 Å². The fourth-order valence-electron chi connectivity index (χ4n) is 2.28. The molecule has 2 aromatic rings. The molecule has 0 aromatic heterocycles. The van der Waals surface area contributed by atoms with Gasteiger partial charge < -0.3 is 15.5 Å². The van der Waals surface area contributed by atoms with Crippen molar-refractivity contribution in [2.45, 2.75) is 6.04 Å². The Morgan fingerprint density at radius 3 is 2.29 bits per heavy atom. The number of nitro groups is 1. The molecule has 2 rings (SSSR count). The molecule has 1 atom stereocenters. The van der Waals surface area contributed by atoms with Crippen LogP contribution in [0, 0.1) is 10.1 Å². The van der Waals surface area contributed by atoms with E-state index in [4.69, 9.17) is 0 Å². The Morgan fingerprint density at radius 2 is 1.75 bits per heavy atom. The second-order valence-electron chi connectivity index (χ2n) is 5.63. The fourth-order valence-corrected chi connectivity index (χ4v) is 2.28. The first kappa shape index (κ1) is 17.4. The van der Waals surface area contributed by atoms with Gasteiger partial charge in [0.15, 0.2) is 0 Å². The van der Waals surface area contributed by atoms with Crippen molar-refractivity contribution in [1.29, 1.82) is 0 Å². The minimum Gasteiger partial charge on any atom is -0.330 e. The van der Waals surface area contributed by atoms with Crippen molar-refractivity contribution < 1.29 is 9.72 Å². The van der Waals surface area contributed by atoms with E-state index in [0.29, 0.717) is 12.2 Å². The highest BCUT2D eigenvalue weighted by Gasteiger charge is 2.15. The number of carbonyl (C=O) groups is 1. The summed E-state index contributed by atoms with van der Waals surface area (Å²) in [4.78, 5) is 24.4. The molecule has 0 saturated heterocycles. The van der Waals surface area contributed by atoms with E-state index >= 15 is 0 Å². The van der Waals surface area contributed by atoms with Gasteiger partial charge in [-0.3, -0.25) is 10.1 Å². The predicted molar refractivity (Wildman–Crippen MR) is 93.0 cm³/mol. The zero-order chi connectivity index (χ0) is 17.5. The lowest BCUT2D eigenvalue weighted by atomic mass is 10.1. The second kappa shape index (κ2) is 8.07. The zero-order valence-corrected chi connectivity index (χ0v) is 13.6. The number of benzene rings is 2. The molecular weight excluding hydrogens is 308 g/mol. The van der Waals surface area contributed by atoms with Crippen LogP contribution in [0.15, 0.2) is 54.6 Å². The Morgan fingerprint density at radius 1 is 1.12 bits per heavy atom. The number of nitrogens with one attached hydrogen (secondary N) is 2. The molecule has 2 N–H and O–H groups in total. The highest BCUT2D eigenvalue weighted by atomic mass is 16.6. The summed E-state index contributed by atoms with van der Waals surface area (Å²) in [5, 5.41) is 16.3. The fraction of sp³-hybridized carbons (Fsp3) is 0.235. The van der Waals surface area contributed by atoms with Gasteiger partial charge in [0.25, 0.3) is 5.69 Å². The lowest BCUT2D eigenvalue weighted by molar-refractivity contribution is -0.384. The number of hydrogen-bond acceptors (Lipinski definition) is 4. The van der Waals surface area contributed by atoms with E-state index in [1.165, 1.54) is 24.3 Å². The number of non-ortho nitro benzene ring substituents is 1. The molecule has 126 valence electrons. The van der Waals surface area contributed by atoms with Gasteiger partial charge in [-0.2, -0.15) is 0 Å². The number of likely N-dealkylation sites (N-methyl/N-ethyl adjacent to an activating group) is 1. The summed E-state index contributed by atoms with van der Waals surface area (Å²) >= 11 is 0. The van der Waals surface area contributed by atoms with Crippen LogP contribution in [0.5, 0.6) is 0 Å². The molecule has 2 amide bonds. The van der Waals surface area contributed by atoms with Crippen molar-refractivity contribution in [3.8, 4) is 0 Å². The smallest absolute Gasteiger partial charge is 0.319 e. The predicted octanol–water partition coefficient (Wildman–Crippen LogP) is 3.02. The molecule has 0 heterocycles. The Balaban J connectivity index is 2.03. The van der Waals surface area contributed by atoms with Crippen molar-refractivity contribution in [1.82, 2.24) is 10.2 Å². The van der Waals surface area contributed by atoms with Crippen LogP contribution in [0.25, 0.3) is 0 Å². The van der Waals surface area contributed by atoms with Gasteiger partial charge in [-0.1, -0.05) is 30.3 Å². The van der Waals surface area contributed by atoms with Crippen molar-refractivity contribution >= 4 is 17.4 Å². The van der Waals surface area contributed by atoms with Crippen LogP contribution < -0.4 is 10.6 Å². The van der Waals surface area contributed by atoms with Gasteiger partial charge in [0, 0.05) is 24.4 Å². The molecule has 0 aliphatic heterocycles. The normalized spacial score (nSPS) is 11.8. The second-order valence-corrected chi connectivity index (χ2v) is 5.63. The number of nitrogens with zero attached hydrogens (tertiary/aromatic N) is 2. The van der Waals surface area contributed by atoms with Crippen LogP contribution in [0.1, 0.15) is 11.6 Å². The average molecular weight is 328 g/mol. The first-order valence-corrected chi connectivity index (χ1v) is 7.47. The van der Waals surface area contributed by atoms with Crippen molar-refractivity contribution in [2.24, 2.45) is 0 Å². The Hall–Kier alpha value is -2.93. The summed E-state index contributed by atoms with van der Waals surface area (Å²) in [7, 11) is 3.87. The molecule has 0 aliphatic rings. The molecule has 0 fully saturated rings. The maximum absolute atomic E-state index is 12.2. The van der Waals surface area contributed by atoms with Gasteiger partial charge in [-0.25, -0.2) is 4.79 Å². The molecule has 0 aliphatic carbocycles. The van der Waals surface area contributed by atoms with Crippen molar-refractivity contribution in [3.05, 3.63) is 70.3 Å². The van der Waals surface area contributed by atoms with E-state index in [1.807, 2.05) is 49.3 Å². The van der Waals surface area contributed by atoms with E-state index in [-0.39, 0.29) is 17.8 Å². The Bertz CT molecular complexity index is 687. The first-order chi connectivity index (χ1) is 11.5. The number of hydrogen-bond donors (Lipinski definition) is 2. The average Bonchev–Trinajstić information content (AvgIpc) is 2.55. The van der Waals surface area contributed by atoms with Crippen molar-refractivity contribution in [3.63, 3.8) is 0 Å². The van der Waals surface area contributed by atoms with Gasteiger partial charge in [-0.05, 0) is 31.8 Å². The molecule has 7 heteroatoms. The van der Waals surface area contributed by atoms with E-state index in [2.05, 4.69) is 10.6 Å². The Kier molecular flexibility index (Phi) is 5.86. The largest absolute Gasteiger partial charge is 0.330 e. The summed E-state index contributed by atoms with van der Waals surface area (Å²) in [5.74, 6) is 0. The molecule has 24 heavy (non-hydrogen) atoms. The number of urea groups is 1. The van der Waals surface area contributed by atoms with Crippen LogP contribution in [0.3, 0.4) is 0 Å². The van der Waals surface area contributed by atoms with Crippen LogP contribution in [0.4, 0.5) is 16.2 Å². The summed E-state index contributed by atoms with van der Waals surface area (Å²) in [6.07, 6.45) is 0. The number of rotatable bonds is 6. The van der Waals surface area contributed by atoms with Crippen molar-refractivity contribution in [2.75, 3.05) is 26.0 Å². The maximum atomic E-state index is 12.2. The molecule has 0 bridgehead atoms. The first-order valence-electron chi connectivity index (χ1n) is 7.47. The highest BCUT2D eigenvalue weighted by molar-refractivity contribution is 5.89. The molecule has 2 aromatic carbocycles. The summed E-state index contributed by atoms with van der Waals surface area (Å²) in [6.45, 7) is 0.650. The summed E-state index contributed by atoms with van der Waals surface area (Å²) in [6, 6.07) is 14.9. The van der Waals surface area contributed by atoms with E-state index in [1.54, 1.807) is 0 Å². The number of nitro benzene ring substituents is 1. The maximum Gasteiger partial charge on any atom is 0.319 e. The van der Waals surface area contributed by atoms with Crippen LogP contribution >= 0.6 is 0 Å². The van der Waals surface area contributed by atoms with Crippen LogP contribution in [0.2, 0.25) is 0 Å². The van der Waals surface area contributed by atoms with E-state index in [9.17, 15) is 14.9 Å². The molecule has 0 spiro atoms. The van der Waals surface area contributed by atoms with Gasteiger partial charge in [-0.15, -0.1) is 0 Å². The molecule has 0 saturated carbocycles. The summed E-state index contributed by atoms with van der Waals surface area (Å²) < 4.78 is 0. The Labute approximate surface area is 140 Å². The monoisotopic (exact) mass is 328 g/mol. The zero-order valence-electron chi connectivity index (χ0n) is 13.6. The minimum absolute atomic E-state index is 0.0178. The number of anilines is 1. The van der Waals surface area contributed by atoms with Gasteiger partial charge >= 0.3 is 6.03 Å². The minimum atomic E-state index is -0.480.